The van der Waals surface area contributed by atoms with Crippen molar-refractivity contribution in [1.82, 2.24) is 5.32 Å². The number of hydrogen-bond donors (Lipinski definition) is 2. The van der Waals surface area contributed by atoms with E-state index in [1.165, 1.54) is 0 Å². The van der Waals surface area contributed by atoms with Gasteiger partial charge >= 0.3 is 0 Å². The number of benzene rings is 2. The third-order valence-electron chi connectivity index (χ3n) is 4.42. The molecule has 2 aromatic carbocycles. The first-order valence-corrected chi connectivity index (χ1v) is 8.46. The zero-order chi connectivity index (χ0) is 18.6. The van der Waals surface area contributed by atoms with E-state index in [2.05, 4.69) is 10.6 Å². The minimum atomic E-state index is -1.18. The highest BCUT2D eigenvalue weighted by molar-refractivity contribution is 6.10. The number of carbonyl (C=O) groups is 2. The minimum Gasteiger partial charge on any atom is -0.349 e. The lowest BCUT2D eigenvalue weighted by atomic mass is 9.90. The molecule has 0 saturated carbocycles. The van der Waals surface area contributed by atoms with Crippen molar-refractivity contribution in [3.05, 3.63) is 65.2 Å². The molecule has 1 atom stereocenters. The fourth-order valence-corrected chi connectivity index (χ4v) is 2.45. The van der Waals surface area contributed by atoms with Crippen LogP contribution in [0.5, 0.6) is 0 Å². The zero-order valence-electron chi connectivity index (χ0n) is 15.5. The molecule has 0 saturated heterocycles. The molecule has 1 unspecified atom stereocenters. The molecule has 0 fully saturated rings. The van der Waals surface area contributed by atoms with Crippen LogP contribution < -0.4 is 10.6 Å². The van der Waals surface area contributed by atoms with Crippen molar-refractivity contribution in [2.75, 3.05) is 5.32 Å². The molecule has 2 aromatic rings. The largest absolute Gasteiger partial charge is 0.349 e. The Hall–Kier alpha value is -2.62. The van der Waals surface area contributed by atoms with Gasteiger partial charge in [-0.3, -0.25) is 9.59 Å². The van der Waals surface area contributed by atoms with Crippen LogP contribution in [0.3, 0.4) is 0 Å². The quantitative estimate of drug-likeness (QED) is 0.805. The van der Waals surface area contributed by atoms with Crippen LogP contribution >= 0.6 is 0 Å². The summed E-state index contributed by atoms with van der Waals surface area (Å²) in [6.45, 7) is 9.08. The summed E-state index contributed by atoms with van der Waals surface area (Å²) in [5, 5.41) is 5.81. The molecule has 0 aliphatic rings. The van der Waals surface area contributed by atoms with Crippen LogP contribution in [0.25, 0.3) is 0 Å². The monoisotopic (exact) mass is 338 g/mol. The summed E-state index contributed by atoms with van der Waals surface area (Å²) in [5.41, 5.74) is 2.58. The molecule has 4 nitrogen and oxygen atoms in total. The Labute approximate surface area is 149 Å². The Morgan fingerprint density at radius 1 is 0.960 bits per heavy atom. The van der Waals surface area contributed by atoms with Gasteiger partial charge in [-0.1, -0.05) is 42.5 Å². The number of hydrogen-bond acceptors (Lipinski definition) is 2. The molecule has 0 bridgehead atoms. The highest BCUT2D eigenvalue weighted by Crippen LogP contribution is 2.23. The van der Waals surface area contributed by atoms with Crippen LogP contribution in [-0.2, 0) is 9.59 Å². The first kappa shape index (κ1) is 18.7. The van der Waals surface area contributed by atoms with E-state index in [0.717, 1.165) is 22.4 Å². The standard InChI is InChI=1S/C21H26N2O2/c1-14-11-12-15(2)18(13-14)23-20(25)21(4,5)19(24)22-16(3)17-9-7-6-8-10-17/h6-13,16H,1-5H3,(H,22,24)(H,23,25). The molecule has 25 heavy (non-hydrogen) atoms. The van der Waals surface area contributed by atoms with E-state index < -0.39 is 5.41 Å². The van der Waals surface area contributed by atoms with Crippen molar-refractivity contribution in [2.45, 2.75) is 40.7 Å². The van der Waals surface area contributed by atoms with Gasteiger partial charge in [-0.25, -0.2) is 0 Å². The summed E-state index contributed by atoms with van der Waals surface area (Å²) < 4.78 is 0. The average Bonchev–Trinajstić information content (AvgIpc) is 2.58. The fraction of sp³-hybridized carbons (Fsp3) is 0.333. The number of nitrogens with one attached hydrogen (secondary N) is 2. The third-order valence-corrected chi connectivity index (χ3v) is 4.42. The van der Waals surface area contributed by atoms with Gasteiger partial charge < -0.3 is 10.6 Å². The van der Waals surface area contributed by atoms with Crippen molar-refractivity contribution < 1.29 is 9.59 Å². The third kappa shape index (κ3) is 4.47. The van der Waals surface area contributed by atoms with Crippen molar-refractivity contribution in [3.8, 4) is 0 Å². The lowest BCUT2D eigenvalue weighted by Gasteiger charge is -2.25. The van der Waals surface area contributed by atoms with E-state index in [1.807, 2.05) is 69.3 Å². The molecular weight excluding hydrogens is 312 g/mol. The summed E-state index contributed by atoms with van der Waals surface area (Å²) in [6, 6.07) is 15.4. The first-order valence-electron chi connectivity index (χ1n) is 8.46. The zero-order valence-corrected chi connectivity index (χ0v) is 15.5. The average molecular weight is 338 g/mol. The van der Waals surface area contributed by atoms with Crippen molar-refractivity contribution in [3.63, 3.8) is 0 Å². The molecule has 4 heteroatoms. The highest BCUT2D eigenvalue weighted by atomic mass is 16.2. The van der Waals surface area contributed by atoms with E-state index in [0.29, 0.717) is 0 Å². The Morgan fingerprint density at radius 3 is 2.24 bits per heavy atom. The Balaban J connectivity index is 2.09. The van der Waals surface area contributed by atoms with Crippen LogP contribution in [0.15, 0.2) is 48.5 Å². The van der Waals surface area contributed by atoms with Gasteiger partial charge in [0.1, 0.15) is 5.41 Å². The van der Waals surface area contributed by atoms with Crippen LogP contribution in [0.4, 0.5) is 5.69 Å². The first-order chi connectivity index (χ1) is 11.7. The van der Waals surface area contributed by atoms with Crippen LogP contribution in [0.1, 0.15) is 43.5 Å². The molecule has 0 heterocycles. The number of aryl methyl sites for hydroxylation is 2. The minimum absolute atomic E-state index is 0.165. The maximum atomic E-state index is 12.7. The second kappa shape index (κ2) is 7.51. The predicted molar refractivity (Wildman–Crippen MR) is 101 cm³/mol. The lowest BCUT2D eigenvalue weighted by molar-refractivity contribution is -0.138. The molecule has 0 radical (unpaired) electrons. The van der Waals surface area contributed by atoms with E-state index >= 15 is 0 Å². The Bertz CT molecular complexity index is 767. The van der Waals surface area contributed by atoms with E-state index in [9.17, 15) is 9.59 Å². The van der Waals surface area contributed by atoms with Gasteiger partial charge in [0, 0.05) is 5.69 Å². The normalized spacial score (nSPS) is 12.4. The lowest BCUT2D eigenvalue weighted by Crippen LogP contribution is -2.45. The van der Waals surface area contributed by atoms with Gasteiger partial charge in [0.05, 0.1) is 6.04 Å². The number of rotatable bonds is 5. The molecule has 0 aliphatic heterocycles. The molecule has 0 aromatic heterocycles. The second-order valence-electron chi connectivity index (χ2n) is 7.00. The second-order valence-corrected chi connectivity index (χ2v) is 7.00. The summed E-state index contributed by atoms with van der Waals surface area (Å²) >= 11 is 0. The summed E-state index contributed by atoms with van der Waals surface area (Å²) in [4.78, 5) is 25.3. The van der Waals surface area contributed by atoms with Gasteiger partial charge in [-0.15, -0.1) is 0 Å². The van der Waals surface area contributed by atoms with Crippen molar-refractivity contribution >= 4 is 17.5 Å². The topological polar surface area (TPSA) is 58.2 Å². The molecular formula is C21H26N2O2. The maximum absolute atomic E-state index is 12.7. The molecule has 2 N–H and O–H groups in total. The Kier molecular flexibility index (Phi) is 5.62. The molecule has 2 amide bonds. The van der Waals surface area contributed by atoms with Crippen LogP contribution in [-0.4, -0.2) is 11.8 Å². The smallest absolute Gasteiger partial charge is 0.239 e. The number of amides is 2. The molecule has 0 aliphatic carbocycles. The van der Waals surface area contributed by atoms with Crippen molar-refractivity contribution in [1.29, 1.82) is 0 Å². The van der Waals surface area contributed by atoms with Crippen LogP contribution in [0.2, 0.25) is 0 Å². The summed E-state index contributed by atoms with van der Waals surface area (Å²) in [7, 11) is 0. The van der Waals surface area contributed by atoms with Gasteiger partial charge in [-0.05, 0) is 57.4 Å². The number of carbonyl (C=O) groups excluding carboxylic acids is 2. The highest BCUT2D eigenvalue weighted by Gasteiger charge is 2.37. The summed E-state index contributed by atoms with van der Waals surface area (Å²) in [6.07, 6.45) is 0. The maximum Gasteiger partial charge on any atom is 0.239 e. The van der Waals surface area contributed by atoms with E-state index in [-0.39, 0.29) is 17.9 Å². The molecule has 2 rings (SSSR count). The van der Waals surface area contributed by atoms with Gasteiger partial charge in [0.2, 0.25) is 11.8 Å². The SMILES string of the molecule is Cc1ccc(C)c(NC(=O)C(C)(C)C(=O)NC(C)c2ccccc2)c1. The van der Waals surface area contributed by atoms with Gasteiger partial charge in [-0.2, -0.15) is 0 Å². The summed E-state index contributed by atoms with van der Waals surface area (Å²) in [5.74, 6) is -0.620. The molecule has 0 spiro atoms. The van der Waals surface area contributed by atoms with E-state index in [4.69, 9.17) is 0 Å². The fourth-order valence-electron chi connectivity index (χ4n) is 2.45. The number of anilines is 1. The van der Waals surface area contributed by atoms with Crippen LogP contribution in [0, 0.1) is 19.3 Å². The Morgan fingerprint density at radius 2 is 1.60 bits per heavy atom. The van der Waals surface area contributed by atoms with Crippen molar-refractivity contribution in [2.24, 2.45) is 5.41 Å². The van der Waals surface area contributed by atoms with Gasteiger partial charge in [0.15, 0.2) is 0 Å². The molecule has 132 valence electrons. The van der Waals surface area contributed by atoms with Gasteiger partial charge in [0.25, 0.3) is 0 Å². The predicted octanol–water partition coefficient (Wildman–Crippen LogP) is 4.15. The van der Waals surface area contributed by atoms with E-state index in [1.54, 1.807) is 13.8 Å².